The second kappa shape index (κ2) is 3.66. The first-order chi connectivity index (χ1) is 8.24. The molecule has 0 spiro atoms. The minimum Gasteiger partial charge on any atom is -0.237 e. The lowest BCUT2D eigenvalue weighted by Gasteiger charge is -1.95. The molecule has 1 N–H and O–H groups in total. The maximum absolute atomic E-state index is 13.6. The van der Waals surface area contributed by atoms with Gasteiger partial charge in [-0.05, 0) is 18.2 Å². The van der Waals surface area contributed by atoms with Crippen LogP contribution in [0.3, 0.4) is 0 Å². The highest BCUT2D eigenvalue weighted by Crippen LogP contribution is 2.21. The van der Waals surface area contributed by atoms with Gasteiger partial charge in [-0.15, -0.1) is 0 Å². The van der Waals surface area contributed by atoms with Crippen molar-refractivity contribution in [2.75, 3.05) is 0 Å². The van der Waals surface area contributed by atoms with Gasteiger partial charge < -0.3 is 0 Å². The number of benzene rings is 1. The van der Waals surface area contributed by atoms with E-state index in [9.17, 15) is 8.78 Å². The van der Waals surface area contributed by atoms with Gasteiger partial charge in [0.2, 0.25) is 0 Å². The van der Waals surface area contributed by atoms with Crippen LogP contribution in [0.25, 0.3) is 16.9 Å². The molecule has 0 aliphatic rings. The van der Waals surface area contributed by atoms with Gasteiger partial charge in [-0.3, -0.25) is 0 Å². The third kappa shape index (κ3) is 1.67. The van der Waals surface area contributed by atoms with Crippen LogP contribution in [-0.4, -0.2) is 4.98 Å². The van der Waals surface area contributed by atoms with E-state index in [1.807, 2.05) is 28.8 Å². The predicted molar refractivity (Wildman–Crippen MR) is 59.3 cm³/mol. The molecule has 0 amide bonds. The maximum Gasteiger partial charge on any atom is 0.284 e. The van der Waals surface area contributed by atoms with Gasteiger partial charge in [-0.2, -0.15) is 0 Å². The van der Waals surface area contributed by atoms with Crippen molar-refractivity contribution in [1.29, 1.82) is 0 Å². The summed E-state index contributed by atoms with van der Waals surface area (Å²) in [5.74, 6) is -1.15. The molecule has 0 bridgehead atoms. The number of imidazole rings is 1. The van der Waals surface area contributed by atoms with Crippen LogP contribution >= 0.6 is 0 Å². The second-order valence-corrected chi connectivity index (χ2v) is 3.79. The summed E-state index contributed by atoms with van der Waals surface area (Å²) in [6, 6.07) is 9.20. The second-order valence-electron chi connectivity index (χ2n) is 3.79. The zero-order chi connectivity index (χ0) is 11.8. The first-order valence-corrected chi connectivity index (χ1v) is 5.18. The van der Waals surface area contributed by atoms with Crippen LogP contribution in [0, 0.1) is 11.6 Å². The molecular weight excluding hydrogens is 222 g/mol. The molecule has 0 fully saturated rings. The van der Waals surface area contributed by atoms with E-state index in [2.05, 4.69) is 4.98 Å². The smallest absolute Gasteiger partial charge is 0.237 e. The Morgan fingerprint density at radius 3 is 2.71 bits per heavy atom. The molecule has 0 radical (unpaired) electrons. The van der Waals surface area contributed by atoms with Gasteiger partial charge in [-0.25, -0.2) is 18.2 Å². The lowest BCUT2D eigenvalue weighted by Crippen LogP contribution is -2.15. The maximum atomic E-state index is 13.6. The summed E-state index contributed by atoms with van der Waals surface area (Å²) < 4.78 is 28.3. The van der Waals surface area contributed by atoms with Crippen molar-refractivity contribution in [3.8, 4) is 11.3 Å². The Morgan fingerprint density at radius 1 is 1.06 bits per heavy atom. The molecule has 1 aromatic carbocycles. The van der Waals surface area contributed by atoms with Crippen molar-refractivity contribution < 1.29 is 13.2 Å². The summed E-state index contributed by atoms with van der Waals surface area (Å²) in [6.07, 6.45) is 3.63. The summed E-state index contributed by atoms with van der Waals surface area (Å²) in [6.45, 7) is 0. The first-order valence-electron chi connectivity index (χ1n) is 5.18. The molecule has 2 heterocycles. The monoisotopic (exact) mass is 231 g/mol. The summed E-state index contributed by atoms with van der Waals surface area (Å²) in [5, 5.41) is 0. The zero-order valence-electron chi connectivity index (χ0n) is 8.82. The van der Waals surface area contributed by atoms with Gasteiger partial charge in [0.15, 0.2) is 5.69 Å². The number of nitrogens with zero attached hydrogens (tertiary/aromatic N) is 1. The van der Waals surface area contributed by atoms with Crippen molar-refractivity contribution >= 4 is 5.65 Å². The van der Waals surface area contributed by atoms with Crippen LogP contribution in [0.2, 0.25) is 0 Å². The van der Waals surface area contributed by atoms with Crippen molar-refractivity contribution in [1.82, 2.24) is 4.98 Å². The number of pyridine rings is 1. The highest BCUT2D eigenvalue weighted by Gasteiger charge is 2.14. The molecule has 0 saturated heterocycles. The van der Waals surface area contributed by atoms with Crippen LogP contribution < -0.4 is 4.40 Å². The Kier molecular flexibility index (Phi) is 2.14. The normalized spacial score (nSPS) is 10.9. The fraction of sp³-hybridized carbons (Fsp3) is 0. The average molecular weight is 231 g/mol. The molecular formula is C13H9F2N2+. The quantitative estimate of drug-likeness (QED) is 0.621. The Labute approximate surface area is 96.2 Å². The predicted octanol–water partition coefficient (Wildman–Crippen LogP) is 2.70. The van der Waals surface area contributed by atoms with Gasteiger partial charge in [0.1, 0.15) is 17.8 Å². The third-order valence-corrected chi connectivity index (χ3v) is 2.64. The van der Waals surface area contributed by atoms with Gasteiger partial charge in [0.25, 0.3) is 5.65 Å². The summed E-state index contributed by atoms with van der Waals surface area (Å²) >= 11 is 0. The molecule has 3 rings (SSSR count). The Morgan fingerprint density at radius 2 is 1.94 bits per heavy atom. The molecule has 2 aromatic heterocycles. The largest absolute Gasteiger partial charge is 0.284 e. The summed E-state index contributed by atoms with van der Waals surface area (Å²) in [4.78, 5) is 3.07. The van der Waals surface area contributed by atoms with E-state index < -0.39 is 11.6 Å². The van der Waals surface area contributed by atoms with E-state index >= 15 is 0 Å². The van der Waals surface area contributed by atoms with Crippen LogP contribution in [0.5, 0.6) is 0 Å². The number of fused-ring (bicyclic) bond motifs is 1. The third-order valence-electron chi connectivity index (χ3n) is 2.64. The van der Waals surface area contributed by atoms with E-state index in [-0.39, 0.29) is 0 Å². The van der Waals surface area contributed by atoms with Gasteiger partial charge in [-0.1, -0.05) is 6.07 Å². The molecule has 84 valence electrons. The number of hydrogen-bond acceptors (Lipinski definition) is 0. The van der Waals surface area contributed by atoms with Crippen molar-refractivity contribution in [3.05, 3.63) is 60.4 Å². The Balaban J connectivity index is 2.20. The van der Waals surface area contributed by atoms with Crippen LogP contribution in [0.15, 0.2) is 48.8 Å². The van der Waals surface area contributed by atoms with Gasteiger partial charge in [0, 0.05) is 12.1 Å². The topological polar surface area (TPSA) is 19.9 Å². The summed E-state index contributed by atoms with van der Waals surface area (Å²) in [5.41, 5.74) is 1.83. The van der Waals surface area contributed by atoms with E-state index in [0.29, 0.717) is 11.3 Å². The number of halogens is 2. The number of hydrogen-bond donors (Lipinski definition) is 1. The van der Waals surface area contributed by atoms with E-state index in [1.54, 1.807) is 6.20 Å². The number of aromatic nitrogens is 2. The molecule has 4 heteroatoms. The van der Waals surface area contributed by atoms with E-state index in [0.717, 1.165) is 11.7 Å². The molecule has 17 heavy (non-hydrogen) atoms. The molecule has 3 aromatic rings. The lowest BCUT2D eigenvalue weighted by atomic mass is 10.1. The molecule has 0 atom stereocenters. The molecule has 0 unspecified atom stereocenters. The van der Waals surface area contributed by atoms with Crippen molar-refractivity contribution in [3.63, 3.8) is 0 Å². The number of H-pyrrole nitrogens is 1. The molecule has 0 aliphatic carbocycles. The van der Waals surface area contributed by atoms with Crippen molar-refractivity contribution in [2.45, 2.75) is 0 Å². The van der Waals surface area contributed by atoms with Crippen molar-refractivity contribution in [2.24, 2.45) is 0 Å². The fourth-order valence-corrected chi connectivity index (χ4v) is 1.83. The SMILES string of the molecule is Fc1ccc(-c2c[n+]3ccccc3[nH]2)c(F)c1. The van der Waals surface area contributed by atoms with E-state index in [1.165, 1.54) is 12.1 Å². The molecule has 0 saturated carbocycles. The minimum absolute atomic E-state index is 0.357. The summed E-state index contributed by atoms with van der Waals surface area (Å²) in [7, 11) is 0. The number of nitrogens with one attached hydrogen (secondary N) is 1. The minimum atomic E-state index is -0.574. The van der Waals surface area contributed by atoms with Crippen LogP contribution in [-0.2, 0) is 0 Å². The Hall–Kier alpha value is -2.23. The highest BCUT2D eigenvalue weighted by molar-refractivity contribution is 5.60. The van der Waals surface area contributed by atoms with Crippen LogP contribution in [0.4, 0.5) is 8.78 Å². The Bertz CT molecular complexity index is 656. The van der Waals surface area contributed by atoms with Gasteiger partial charge >= 0.3 is 0 Å². The first kappa shape index (κ1) is 9.96. The number of rotatable bonds is 1. The van der Waals surface area contributed by atoms with Crippen LogP contribution in [0.1, 0.15) is 0 Å². The lowest BCUT2D eigenvalue weighted by molar-refractivity contribution is -0.509. The zero-order valence-corrected chi connectivity index (χ0v) is 8.82. The molecule has 2 nitrogen and oxygen atoms in total. The average Bonchev–Trinajstić information content (AvgIpc) is 2.72. The number of aromatic amines is 1. The van der Waals surface area contributed by atoms with E-state index in [4.69, 9.17) is 0 Å². The standard InChI is InChI=1S/C13H8F2N2/c14-9-4-5-10(11(15)7-9)12-8-17-6-2-1-3-13(17)16-12/h1-8H/p+1. The molecule has 0 aliphatic heterocycles. The highest BCUT2D eigenvalue weighted by atomic mass is 19.1. The van der Waals surface area contributed by atoms with Gasteiger partial charge in [0.05, 0.1) is 11.8 Å². The fourth-order valence-electron chi connectivity index (χ4n) is 1.83.